The van der Waals surface area contributed by atoms with Crippen LogP contribution in [0.15, 0.2) is 9.66 Å². The van der Waals surface area contributed by atoms with Gasteiger partial charge in [0.2, 0.25) is 0 Å². The Bertz CT molecular complexity index is 260. The third kappa shape index (κ3) is 3.21. The summed E-state index contributed by atoms with van der Waals surface area (Å²) in [5, 5.41) is 0. The van der Waals surface area contributed by atoms with Gasteiger partial charge in [-0.15, -0.1) is 0 Å². The zero-order chi connectivity index (χ0) is 10.8. The summed E-state index contributed by atoms with van der Waals surface area (Å²) in [5.41, 5.74) is 0. The van der Waals surface area contributed by atoms with Gasteiger partial charge < -0.3 is 14.2 Å². The Hall–Kier alpha value is -0.140. The molecule has 0 aromatic rings. The molecule has 0 bridgehead atoms. The van der Waals surface area contributed by atoms with E-state index in [-0.39, 0.29) is 12.1 Å². The Labute approximate surface area is 96.7 Å². The first kappa shape index (κ1) is 11.9. The van der Waals surface area contributed by atoms with Crippen LogP contribution < -0.4 is 0 Å². The Morgan fingerprint density at radius 2 is 2.29 bits per heavy atom. The molecule has 0 saturated carbocycles. The highest BCUT2D eigenvalue weighted by Gasteiger charge is 2.34. The first-order valence-corrected chi connectivity index (χ1v) is 5.29. The fraction of sp³-hybridized carbons (Fsp3) is 0.667. The van der Waals surface area contributed by atoms with Crippen LogP contribution in [0.5, 0.6) is 0 Å². The molecule has 0 aromatic carbocycles. The highest BCUT2D eigenvalue weighted by atomic mass is 127. The third-order valence-electron chi connectivity index (χ3n) is 1.77. The normalized spacial score (nSPS) is 26.3. The maximum absolute atomic E-state index is 10.9. The minimum atomic E-state index is -0.564. The molecule has 0 amide bonds. The van der Waals surface area contributed by atoms with Crippen LogP contribution in [0.25, 0.3) is 0 Å². The van der Waals surface area contributed by atoms with E-state index in [0.29, 0.717) is 6.61 Å². The van der Waals surface area contributed by atoms with Crippen molar-refractivity contribution in [1.29, 1.82) is 0 Å². The molecule has 0 aliphatic carbocycles. The van der Waals surface area contributed by atoms with Gasteiger partial charge in [-0.1, -0.05) is 0 Å². The molecule has 1 aliphatic rings. The van der Waals surface area contributed by atoms with Gasteiger partial charge in [0.25, 0.3) is 0 Å². The number of methoxy groups -OCH3 is 1. The van der Waals surface area contributed by atoms with Crippen molar-refractivity contribution in [2.75, 3.05) is 13.7 Å². The number of carbonyl (C=O) groups excluding carboxylic acids is 1. The summed E-state index contributed by atoms with van der Waals surface area (Å²) in [6.45, 7) is 4.16. The molecule has 0 spiro atoms. The molecule has 1 rings (SSSR count). The molecule has 1 heterocycles. The summed E-state index contributed by atoms with van der Waals surface area (Å²) >= 11 is 2.05. The van der Waals surface area contributed by atoms with E-state index < -0.39 is 5.79 Å². The number of ether oxygens (including phenoxy) is 3. The first-order chi connectivity index (χ1) is 6.44. The smallest absolute Gasteiger partial charge is 0.331 e. The van der Waals surface area contributed by atoms with Crippen molar-refractivity contribution in [1.82, 2.24) is 0 Å². The third-order valence-corrected chi connectivity index (χ3v) is 2.78. The molecule has 4 nitrogen and oxygen atoms in total. The fourth-order valence-corrected chi connectivity index (χ4v) is 1.65. The number of hydrogen-bond donors (Lipinski definition) is 0. The second-order valence-electron chi connectivity index (χ2n) is 3.37. The van der Waals surface area contributed by atoms with Crippen molar-refractivity contribution in [3.63, 3.8) is 0 Å². The van der Waals surface area contributed by atoms with Gasteiger partial charge in [-0.25, -0.2) is 4.79 Å². The lowest BCUT2D eigenvalue weighted by atomic mass is 10.3. The summed E-state index contributed by atoms with van der Waals surface area (Å²) < 4.78 is 16.2. The van der Waals surface area contributed by atoms with Crippen LogP contribution in [-0.2, 0) is 19.0 Å². The number of esters is 1. The van der Waals surface area contributed by atoms with Gasteiger partial charge >= 0.3 is 5.97 Å². The van der Waals surface area contributed by atoms with Gasteiger partial charge in [-0.05, 0) is 36.4 Å². The van der Waals surface area contributed by atoms with Crippen molar-refractivity contribution >= 4 is 28.6 Å². The van der Waals surface area contributed by atoms with Crippen LogP contribution in [0.3, 0.4) is 0 Å². The monoisotopic (exact) mass is 312 g/mol. The van der Waals surface area contributed by atoms with Crippen LogP contribution >= 0.6 is 22.6 Å². The van der Waals surface area contributed by atoms with Gasteiger partial charge in [0.1, 0.15) is 6.10 Å². The fourth-order valence-electron chi connectivity index (χ4n) is 1.09. The Morgan fingerprint density at radius 1 is 1.64 bits per heavy atom. The molecule has 0 aromatic heterocycles. The predicted octanol–water partition coefficient (Wildman–Crippen LogP) is 1.63. The second kappa shape index (κ2) is 4.59. The first-order valence-electron chi connectivity index (χ1n) is 4.21. The maximum atomic E-state index is 10.9. The van der Waals surface area contributed by atoms with Gasteiger partial charge in [0, 0.05) is 9.66 Å². The molecule has 0 N–H and O–H groups in total. The largest absolute Gasteiger partial charge is 0.466 e. The van der Waals surface area contributed by atoms with Gasteiger partial charge in [-0.3, -0.25) is 0 Å². The lowest BCUT2D eigenvalue weighted by molar-refractivity contribution is -0.136. The van der Waals surface area contributed by atoms with Crippen LogP contribution in [-0.4, -0.2) is 31.6 Å². The number of carbonyl (C=O) groups is 1. The molecule has 1 atom stereocenters. The highest BCUT2D eigenvalue weighted by Crippen LogP contribution is 2.29. The molecule has 0 unspecified atom stereocenters. The van der Waals surface area contributed by atoms with E-state index in [0.717, 1.165) is 3.58 Å². The maximum Gasteiger partial charge on any atom is 0.331 e. The summed E-state index contributed by atoms with van der Waals surface area (Å²) in [5.74, 6) is -0.937. The Balaban J connectivity index is 2.59. The Kier molecular flexibility index (Phi) is 3.91. The molecule has 1 saturated heterocycles. The van der Waals surface area contributed by atoms with Crippen LogP contribution in [0.1, 0.15) is 13.8 Å². The van der Waals surface area contributed by atoms with Crippen molar-refractivity contribution in [2.45, 2.75) is 25.7 Å². The molecule has 0 radical (unpaired) electrons. The minimum Gasteiger partial charge on any atom is -0.466 e. The molecule has 14 heavy (non-hydrogen) atoms. The predicted molar refractivity (Wildman–Crippen MR) is 59.0 cm³/mol. The van der Waals surface area contributed by atoms with Gasteiger partial charge in [0.05, 0.1) is 13.7 Å². The van der Waals surface area contributed by atoms with E-state index in [9.17, 15) is 4.79 Å². The van der Waals surface area contributed by atoms with E-state index in [1.165, 1.54) is 13.2 Å². The van der Waals surface area contributed by atoms with E-state index in [4.69, 9.17) is 9.47 Å². The molecule has 1 fully saturated rings. The summed E-state index contributed by atoms with van der Waals surface area (Å²) in [6, 6.07) is 0. The van der Waals surface area contributed by atoms with Gasteiger partial charge in [0.15, 0.2) is 5.79 Å². The summed E-state index contributed by atoms with van der Waals surface area (Å²) in [7, 11) is 1.35. The van der Waals surface area contributed by atoms with Crippen LogP contribution in [0, 0.1) is 0 Å². The number of hydrogen-bond acceptors (Lipinski definition) is 4. The molecular formula is C9H13IO4. The Morgan fingerprint density at radius 3 is 2.71 bits per heavy atom. The molecule has 80 valence electrons. The van der Waals surface area contributed by atoms with E-state index in [2.05, 4.69) is 27.3 Å². The lowest BCUT2D eigenvalue weighted by Gasteiger charge is -2.16. The van der Waals surface area contributed by atoms with E-state index in [1.54, 1.807) is 0 Å². The van der Waals surface area contributed by atoms with Crippen molar-refractivity contribution < 1.29 is 19.0 Å². The summed E-state index contributed by atoms with van der Waals surface area (Å²) in [6.07, 6.45) is 1.25. The average molecular weight is 312 g/mol. The topological polar surface area (TPSA) is 44.8 Å². The minimum absolute atomic E-state index is 0.162. The standard InChI is InChI=1S/C9H13IO4/c1-9(2)13-5-7(14-9)6(10)4-8(11)12-3/h4,7H,5H2,1-3H3/b6-4-/t7-/m1/s1. The average Bonchev–Trinajstić information content (AvgIpc) is 2.46. The highest BCUT2D eigenvalue weighted by molar-refractivity contribution is 14.1. The van der Waals surface area contributed by atoms with Crippen LogP contribution in [0.2, 0.25) is 0 Å². The lowest BCUT2D eigenvalue weighted by Crippen LogP contribution is -2.21. The molecular weight excluding hydrogens is 299 g/mol. The van der Waals surface area contributed by atoms with Crippen molar-refractivity contribution in [3.8, 4) is 0 Å². The molecule has 1 aliphatic heterocycles. The van der Waals surface area contributed by atoms with Crippen molar-refractivity contribution in [2.24, 2.45) is 0 Å². The van der Waals surface area contributed by atoms with Crippen LogP contribution in [0.4, 0.5) is 0 Å². The van der Waals surface area contributed by atoms with E-state index in [1.807, 2.05) is 13.8 Å². The number of rotatable bonds is 2. The quantitative estimate of drug-likeness (QED) is 0.442. The summed E-state index contributed by atoms with van der Waals surface area (Å²) in [4.78, 5) is 10.9. The van der Waals surface area contributed by atoms with E-state index >= 15 is 0 Å². The van der Waals surface area contributed by atoms with Crippen molar-refractivity contribution in [3.05, 3.63) is 9.66 Å². The number of halogens is 1. The SMILES string of the molecule is COC(=O)/C=C(\I)[C@H]1COC(C)(C)O1. The zero-order valence-electron chi connectivity index (χ0n) is 8.37. The van der Waals surface area contributed by atoms with Gasteiger partial charge in [-0.2, -0.15) is 0 Å². The molecule has 5 heteroatoms. The second-order valence-corrected chi connectivity index (χ2v) is 4.62. The zero-order valence-corrected chi connectivity index (χ0v) is 10.5.